The van der Waals surface area contributed by atoms with Crippen molar-refractivity contribution in [2.75, 3.05) is 0 Å². The molecule has 0 aliphatic rings. The molecule has 0 spiro atoms. The highest BCUT2D eigenvalue weighted by Crippen LogP contribution is 2.15. The van der Waals surface area contributed by atoms with Gasteiger partial charge < -0.3 is 5.32 Å². The highest BCUT2D eigenvalue weighted by Gasteiger charge is 2.12. The molecule has 0 saturated heterocycles. The standard InChI is InChI=1S/C15H21N3/c1-12-16-10-14(11-17-15(2,3)4)18(12)13-8-6-5-7-9-13/h5-10,17H,11H2,1-4H3. The second kappa shape index (κ2) is 4.94. The fourth-order valence-corrected chi connectivity index (χ4v) is 1.90. The van der Waals surface area contributed by atoms with E-state index < -0.39 is 0 Å². The van der Waals surface area contributed by atoms with E-state index in [2.05, 4.69) is 59.9 Å². The highest BCUT2D eigenvalue weighted by molar-refractivity contribution is 5.35. The zero-order chi connectivity index (χ0) is 13.2. The minimum Gasteiger partial charge on any atom is -0.306 e. The Morgan fingerprint density at radius 2 is 1.83 bits per heavy atom. The number of aromatic nitrogens is 2. The van der Waals surface area contributed by atoms with E-state index in [0.29, 0.717) is 0 Å². The average Bonchev–Trinajstić information content (AvgIpc) is 2.68. The van der Waals surface area contributed by atoms with E-state index in [1.165, 1.54) is 11.4 Å². The Morgan fingerprint density at radius 3 is 2.44 bits per heavy atom. The first-order valence-corrected chi connectivity index (χ1v) is 6.31. The lowest BCUT2D eigenvalue weighted by Gasteiger charge is -2.21. The van der Waals surface area contributed by atoms with Crippen LogP contribution < -0.4 is 5.32 Å². The quantitative estimate of drug-likeness (QED) is 0.898. The summed E-state index contributed by atoms with van der Waals surface area (Å²) in [6.45, 7) is 9.36. The summed E-state index contributed by atoms with van der Waals surface area (Å²) in [4.78, 5) is 4.42. The van der Waals surface area contributed by atoms with Gasteiger partial charge in [-0.2, -0.15) is 0 Å². The molecule has 1 N–H and O–H groups in total. The van der Waals surface area contributed by atoms with Crippen molar-refractivity contribution in [3.05, 3.63) is 48.0 Å². The molecule has 0 atom stereocenters. The molecule has 18 heavy (non-hydrogen) atoms. The Bertz CT molecular complexity index is 506. The number of rotatable bonds is 3. The van der Waals surface area contributed by atoms with Gasteiger partial charge in [-0.1, -0.05) is 18.2 Å². The largest absolute Gasteiger partial charge is 0.306 e. The lowest BCUT2D eigenvalue weighted by atomic mass is 10.1. The molecule has 0 unspecified atom stereocenters. The molecule has 0 saturated carbocycles. The van der Waals surface area contributed by atoms with Gasteiger partial charge in [-0.25, -0.2) is 4.98 Å². The molecule has 1 aromatic carbocycles. The molecule has 2 aromatic rings. The molecule has 0 radical (unpaired) electrons. The van der Waals surface area contributed by atoms with E-state index in [-0.39, 0.29) is 5.54 Å². The Balaban J connectivity index is 2.28. The second-order valence-electron chi connectivity index (χ2n) is 5.57. The summed E-state index contributed by atoms with van der Waals surface area (Å²) in [6.07, 6.45) is 1.95. The first-order valence-electron chi connectivity index (χ1n) is 6.31. The number of hydrogen-bond donors (Lipinski definition) is 1. The lowest BCUT2D eigenvalue weighted by molar-refractivity contribution is 0.419. The number of para-hydroxylation sites is 1. The fourth-order valence-electron chi connectivity index (χ4n) is 1.90. The predicted octanol–water partition coefficient (Wildman–Crippen LogP) is 3.07. The van der Waals surface area contributed by atoms with Gasteiger partial charge in [-0.15, -0.1) is 0 Å². The molecule has 0 aliphatic carbocycles. The lowest BCUT2D eigenvalue weighted by Crippen LogP contribution is -2.35. The number of nitrogens with zero attached hydrogens (tertiary/aromatic N) is 2. The zero-order valence-corrected chi connectivity index (χ0v) is 11.6. The van der Waals surface area contributed by atoms with Crippen LogP contribution in [-0.4, -0.2) is 15.1 Å². The first-order chi connectivity index (χ1) is 8.47. The minimum absolute atomic E-state index is 0.111. The van der Waals surface area contributed by atoms with Gasteiger partial charge in [0.1, 0.15) is 5.82 Å². The minimum atomic E-state index is 0.111. The predicted molar refractivity (Wildman–Crippen MR) is 74.9 cm³/mol. The maximum atomic E-state index is 4.42. The molecule has 3 heteroatoms. The van der Waals surface area contributed by atoms with Crippen molar-refractivity contribution in [2.45, 2.75) is 39.8 Å². The molecule has 1 heterocycles. The van der Waals surface area contributed by atoms with Gasteiger partial charge >= 0.3 is 0 Å². The van der Waals surface area contributed by atoms with E-state index in [1.54, 1.807) is 0 Å². The van der Waals surface area contributed by atoms with Crippen LogP contribution in [0.15, 0.2) is 36.5 Å². The maximum Gasteiger partial charge on any atom is 0.110 e. The van der Waals surface area contributed by atoms with Crippen molar-refractivity contribution in [3.63, 3.8) is 0 Å². The number of imidazole rings is 1. The van der Waals surface area contributed by atoms with Crippen molar-refractivity contribution in [2.24, 2.45) is 0 Å². The molecule has 1 aromatic heterocycles. The Labute approximate surface area is 109 Å². The number of hydrogen-bond acceptors (Lipinski definition) is 2. The number of nitrogens with one attached hydrogen (secondary N) is 1. The summed E-state index contributed by atoms with van der Waals surface area (Å²) < 4.78 is 2.19. The summed E-state index contributed by atoms with van der Waals surface area (Å²) in [6, 6.07) is 10.3. The van der Waals surface area contributed by atoms with Crippen molar-refractivity contribution in [3.8, 4) is 5.69 Å². The van der Waals surface area contributed by atoms with Gasteiger partial charge in [0.15, 0.2) is 0 Å². The Hall–Kier alpha value is -1.61. The van der Waals surface area contributed by atoms with Gasteiger partial charge in [0.25, 0.3) is 0 Å². The van der Waals surface area contributed by atoms with Gasteiger partial charge in [0.05, 0.1) is 11.9 Å². The van der Waals surface area contributed by atoms with Crippen LogP contribution >= 0.6 is 0 Å². The van der Waals surface area contributed by atoms with E-state index in [9.17, 15) is 0 Å². The fraction of sp³-hybridized carbons (Fsp3) is 0.400. The summed E-state index contributed by atoms with van der Waals surface area (Å²) in [5.74, 6) is 1.02. The monoisotopic (exact) mass is 243 g/mol. The molecule has 0 aliphatic heterocycles. The van der Waals surface area contributed by atoms with E-state index >= 15 is 0 Å². The van der Waals surface area contributed by atoms with Crippen LogP contribution in [0.5, 0.6) is 0 Å². The third kappa shape index (κ3) is 2.99. The average molecular weight is 243 g/mol. The summed E-state index contributed by atoms with van der Waals surface area (Å²) in [5, 5.41) is 3.50. The molecule has 2 rings (SSSR count). The van der Waals surface area contributed by atoms with E-state index in [0.717, 1.165) is 12.4 Å². The van der Waals surface area contributed by atoms with E-state index in [1.807, 2.05) is 19.2 Å². The van der Waals surface area contributed by atoms with Crippen molar-refractivity contribution in [1.29, 1.82) is 0 Å². The first kappa shape index (κ1) is 12.8. The van der Waals surface area contributed by atoms with Crippen molar-refractivity contribution >= 4 is 0 Å². The van der Waals surface area contributed by atoms with Crippen molar-refractivity contribution < 1.29 is 0 Å². The van der Waals surface area contributed by atoms with Crippen LogP contribution in [-0.2, 0) is 6.54 Å². The van der Waals surface area contributed by atoms with Crippen molar-refractivity contribution in [1.82, 2.24) is 14.9 Å². The maximum absolute atomic E-state index is 4.42. The van der Waals surface area contributed by atoms with Gasteiger partial charge in [-0.3, -0.25) is 4.57 Å². The third-order valence-electron chi connectivity index (χ3n) is 2.83. The van der Waals surface area contributed by atoms with Gasteiger partial charge in [0.2, 0.25) is 0 Å². The molecular formula is C15H21N3. The van der Waals surface area contributed by atoms with Crippen LogP contribution in [0.2, 0.25) is 0 Å². The van der Waals surface area contributed by atoms with Gasteiger partial charge in [0, 0.05) is 17.8 Å². The SMILES string of the molecule is Cc1ncc(CNC(C)(C)C)n1-c1ccccc1. The van der Waals surface area contributed by atoms with E-state index in [4.69, 9.17) is 0 Å². The number of benzene rings is 1. The smallest absolute Gasteiger partial charge is 0.110 e. The zero-order valence-electron chi connectivity index (χ0n) is 11.6. The molecular weight excluding hydrogens is 222 g/mol. The van der Waals surface area contributed by atoms with Crippen LogP contribution in [0.4, 0.5) is 0 Å². The highest BCUT2D eigenvalue weighted by atomic mass is 15.1. The van der Waals surface area contributed by atoms with Crippen LogP contribution in [0.3, 0.4) is 0 Å². The molecule has 0 fully saturated rings. The topological polar surface area (TPSA) is 29.9 Å². The molecule has 0 bridgehead atoms. The molecule has 96 valence electrons. The van der Waals surface area contributed by atoms with Gasteiger partial charge in [-0.05, 0) is 39.8 Å². The van der Waals surface area contributed by atoms with Crippen LogP contribution in [0.1, 0.15) is 32.3 Å². The molecule has 0 amide bonds. The second-order valence-corrected chi connectivity index (χ2v) is 5.57. The summed E-state index contributed by atoms with van der Waals surface area (Å²) >= 11 is 0. The Morgan fingerprint density at radius 1 is 1.17 bits per heavy atom. The molecule has 3 nitrogen and oxygen atoms in total. The third-order valence-corrected chi connectivity index (χ3v) is 2.83. The summed E-state index contributed by atoms with van der Waals surface area (Å²) in [5.41, 5.74) is 2.46. The Kier molecular flexibility index (Phi) is 3.53. The summed E-state index contributed by atoms with van der Waals surface area (Å²) in [7, 11) is 0. The number of aryl methyl sites for hydroxylation is 1. The normalized spacial score (nSPS) is 11.8. The van der Waals surface area contributed by atoms with Crippen LogP contribution in [0.25, 0.3) is 5.69 Å². The van der Waals surface area contributed by atoms with Crippen LogP contribution in [0, 0.1) is 6.92 Å².